The lowest BCUT2D eigenvalue weighted by molar-refractivity contribution is -0.161. The lowest BCUT2D eigenvalue weighted by Crippen LogP contribution is -2.30. The van der Waals surface area contributed by atoms with Crippen molar-refractivity contribution in [2.24, 2.45) is 5.92 Å². The van der Waals surface area contributed by atoms with Gasteiger partial charge in [0.2, 0.25) is 0 Å². The highest BCUT2D eigenvalue weighted by Crippen LogP contribution is 2.45. The number of carbonyl (C=O) groups excluding carboxylic acids is 4. The minimum absolute atomic E-state index is 0.106. The standard InChI is InChI=1S/C77H150O17P2/c1-6-9-12-15-18-21-24-26-28-30-31-33-35-37-42-47-52-57-62-76(81)93-72(67-88-75(80)61-56-51-46-41-36-34-32-29-27-25-22-19-16-13-10-7-2)68-91-95(83,84)89-64-71(78)65-90-96(85,86)92-69-73(66-87-74(79)60-55-50-45-40-23-20-17-14-11-8-3)94-77(82)63-58-53-48-43-38-39-44-49-54-59-70(4)5/h70-73,78H,6-69H2,1-5H3,(H,83,84)(H,85,86)/t71-,72-,73-/m1/s1. The first-order valence-electron chi connectivity index (χ1n) is 40.1. The Kier molecular flexibility index (Phi) is 68.7. The summed E-state index contributed by atoms with van der Waals surface area (Å²) in [6.07, 6.45) is 59.6. The van der Waals surface area contributed by atoms with E-state index in [0.717, 1.165) is 95.8 Å². The molecule has 0 fully saturated rings. The molecule has 96 heavy (non-hydrogen) atoms. The molecule has 3 N–H and O–H groups in total. The van der Waals surface area contributed by atoms with E-state index in [0.29, 0.717) is 25.7 Å². The molecule has 2 unspecified atom stereocenters. The smallest absolute Gasteiger partial charge is 0.462 e. The number of unbranched alkanes of at least 4 members (excludes halogenated alkanes) is 49. The fourth-order valence-electron chi connectivity index (χ4n) is 11.9. The third-order valence-corrected chi connectivity index (χ3v) is 19.9. The number of aliphatic hydroxyl groups is 1. The summed E-state index contributed by atoms with van der Waals surface area (Å²) in [7, 11) is -9.91. The zero-order valence-electron chi connectivity index (χ0n) is 62.5. The summed E-state index contributed by atoms with van der Waals surface area (Å²) in [4.78, 5) is 72.8. The molecule has 0 aliphatic heterocycles. The zero-order chi connectivity index (χ0) is 70.5. The average molecular weight is 1410 g/mol. The van der Waals surface area contributed by atoms with Crippen molar-refractivity contribution in [1.82, 2.24) is 0 Å². The number of ether oxygens (including phenoxy) is 4. The Morgan fingerprint density at radius 1 is 0.281 bits per heavy atom. The second kappa shape index (κ2) is 70.1. The Labute approximate surface area is 588 Å². The lowest BCUT2D eigenvalue weighted by Gasteiger charge is -2.21. The maximum atomic E-state index is 13.1. The fraction of sp³-hybridized carbons (Fsp3) is 0.948. The zero-order valence-corrected chi connectivity index (χ0v) is 64.3. The molecule has 0 radical (unpaired) electrons. The highest BCUT2D eigenvalue weighted by atomic mass is 31.2. The van der Waals surface area contributed by atoms with Crippen molar-refractivity contribution in [3.05, 3.63) is 0 Å². The topological polar surface area (TPSA) is 237 Å². The molecule has 0 aromatic rings. The van der Waals surface area contributed by atoms with Crippen molar-refractivity contribution in [3.8, 4) is 0 Å². The van der Waals surface area contributed by atoms with Gasteiger partial charge >= 0.3 is 39.5 Å². The van der Waals surface area contributed by atoms with Crippen LogP contribution in [0.5, 0.6) is 0 Å². The normalized spacial score (nSPS) is 13.9. The SMILES string of the molecule is CCCCCCCCCCCCCCCCCCCCC(=O)O[C@H](COC(=O)CCCCCCCCCCCCCCCCCC)COP(=O)(O)OC[C@@H](O)COP(=O)(O)OC[C@@H](COC(=O)CCCCCCCCCCCC)OC(=O)CCCCCCCCCCCC(C)C. The molecule has 17 nitrogen and oxygen atoms in total. The largest absolute Gasteiger partial charge is 0.472 e. The molecule has 0 saturated carbocycles. The number of phosphoric ester groups is 2. The van der Waals surface area contributed by atoms with Crippen LogP contribution in [-0.4, -0.2) is 96.7 Å². The average Bonchev–Trinajstić information content (AvgIpc) is 1.35. The maximum absolute atomic E-state index is 13.1. The summed E-state index contributed by atoms with van der Waals surface area (Å²) in [6.45, 7) is 7.27. The molecule has 5 atom stereocenters. The van der Waals surface area contributed by atoms with E-state index in [1.54, 1.807) is 0 Å². The number of hydrogen-bond acceptors (Lipinski definition) is 15. The number of phosphoric acid groups is 2. The Morgan fingerprint density at radius 3 is 0.708 bits per heavy atom. The van der Waals surface area contributed by atoms with Gasteiger partial charge in [-0.2, -0.15) is 0 Å². The third kappa shape index (κ3) is 70.5. The van der Waals surface area contributed by atoms with Gasteiger partial charge in [0.25, 0.3) is 0 Å². The number of carbonyl (C=O) groups is 4. The van der Waals surface area contributed by atoms with E-state index in [4.69, 9.17) is 37.0 Å². The van der Waals surface area contributed by atoms with Gasteiger partial charge in [0.15, 0.2) is 12.2 Å². The highest BCUT2D eigenvalue weighted by molar-refractivity contribution is 7.47. The highest BCUT2D eigenvalue weighted by Gasteiger charge is 2.30. The Balaban J connectivity index is 5.23. The molecule has 19 heteroatoms. The monoisotopic (exact) mass is 1410 g/mol. The van der Waals surface area contributed by atoms with Gasteiger partial charge in [0, 0.05) is 25.7 Å². The van der Waals surface area contributed by atoms with Crippen molar-refractivity contribution >= 4 is 39.5 Å². The van der Waals surface area contributed by atoms with E-state index in [1.807, 2.05) is 0 Å². The van der Waals surface area contributed by atoms with Crippen LogP contribution >= 0.6 is 15.6 Å². The molecule has 0 aliphatic rings. The molecule has 0 aliphatic carbocycles. The Morgan fingerprint density at radius 2 is 0.479 bits per heavy atom. The predicted octanol–water partition coefficient (Wildman–Crippen LogP) is 22.9. The van der Waals surface area contributed by atoms with E-state index in [9.17, 15) is 43.2 Å². The van der Waals surface area contributed by atoms with E-state index >= 15 is 0 Å². The van der Waals surface area contributed by atoms with Gasteiger partial charge in [0.1, 0.15) is 19.3 Å². The van der Waals surface area contributed by atoms with E-state index in [1.165, 1.54) is 231 Å². The summed E-state index contributed by atoms with van der Waals surface area (Å²) >= 11 is 0. The summed E-state index contributed by atoms with van der Waals surface area (Å²) < 4.78 is 68.6. The van der Waals surface area contributed by atoms with Gasteiger partial charge in [-0.3, -0.25) is 37.3 Å². The van der Waals surface area contributed by atoms with Crippen molar-refractivity contribution in [2.75, 3.05) is 39.6 Å². The van der Waals surface area contributed by atoms with Crippen molar-refractivity contribution in [3.63, 3.8) is 0 Å². The van der Waals surface area contributed by atoms with E-state index < -0.39 is 97.5 Å². The lowest BCUT2D eigenvalue weighted by atomic mass is 10.0. The minimum Gasteiger partial charge on any atom is -0.462 e. The first-order chi connectivity index (χ1) is 46.5. The van der Waals surface area contributed by atoms with E-state index in [-0.39, 0.29) is 25.7 Å². The van der Waals surface area contributed by atoms with Gasteiger partial charge in [-0.15, -0.1) is 0 Å². The van der Waals surface area contributed by atoms with Crippen LogP contribution in [0.1, 0.15) is 407 Å². The summed E-state index contributed by atoms with van der Waals surface area (Å²) in [5.74, 6) is -1.38. The van der Waals surface area contributed by atoms with Gasteiger partial charge in [-0.05, 0) is 31.6 Å². The molecule has 0 amide bonds. The van der Waals surface area contributed by atoms with E-state index in [2.05, 4.69) is 34.6 Å². The van der Waals surface area contributed by atoms with Crippen LogP contribution < -0.4 is 0 Å². The van der Waals surface area contributed by atoms with Gasteiger partial charge < -0.3 is 33.8 Å². The molecule has 0 heterocycles. The summed E-state index contributed by atoms with van der Waals surface area (Å²) in [5.41, 5.74) is 0. The van der Waals surface area contributed by atoms with Crippen LogP contribution in [-0.2, 0) is 65.4 Å². The van der Waals surface area contributed by atoms with Crippen LogP contribution in [0, 0.1) is 5.92 Å². The van der Waals surface area contributed by atoms with Crippen LogP contribution in [0.25, 0.3) is 0 Å². The first kappa shape index (κ1) is 94.1. The Bertz CT molecular complexity index is 1840. The molecule has 0 aromatic heterocycles. The molecule has 0 aromatic carbocycles. The number of aliphatic hydroxyl groups excluding tert-OH is 1. The summed E-state index contributed by atoms with van der Waals surface area (Å²) in [6, 6.07) is 0. The quantitative estimate of drug-likeness (QED) is 0.0222. The molecular formula is C77H150O17P2. The second-order valence-electron chi connectivity index (χ2n) is 28.2. The summed E-state index contributed by atoms with van der Waals surface area (Å²) in [5, 5.41) is 10.6. The molecule has 0 saturated heterocycles. The van der Waals surface area contributed by atoms with Crippen molar-refractivity contribution in [2.45, 2.75) is 425 Å². The van der Waals surface area contributed by atoms with Gasteiger partial charge in [0.05, 0.1) is 26.4 Å². The number of hydrogen-bond donors (Lipinski definition) is 3. The van der Waals surface area contributed by atoms with Gasteiger partial charge in [-0.25, -0.2) is 9.13 Å². The molecule has 0 bridgehead atoms. The van der Waals surface area contributed by atoms with Crippen molar-refractivity contribution < 1.29 is 80.2 Å². The van der Waals surface area contributed by atoms with Crippen LogP contribution in [0.2, 0.25) is 0 Å². The van der Waals surface area contributed by atoms with Crippen LogP contribution in [0.15, 0.2) is 0 Å². The number of rotatable bonds is 77. The van der Waals surface area contributed by atoms with Gasteiger partial charge in [-0.1, -0.05) is 356 Å². The number of esters is 4. The maximum Gasteiger partial charge on any atom is 0.472 e. The molecule has 570 valence electrons. The Hall–Kier alpha value is -1.94. The minimum atomic E-state index is -4.96. The molecule has 0 rings (SSSR count). The molecular weight excluding hydrogens is 1260 g/mol. The predicted molar refractivity (Wildman–Crippen MR) is 391 cm³/mol. The first-order valence-corrected chi connectivity index (χ1v) is 43.1. The fourth-order valence-corrected chi connectivity index (χ4v) is 13.5. The van der Waals surface area contributed by atoms with Crippen LogP contribution in [0.4, 0.5) is 0 Å². The van der Waals surface area contributed by atoms with Crippen LogP contribution in [0.3, 0.4) is 0 Å². The molecule has 0 spiro atoms. The van der Waals surface area contributed by atoms with Crippen molar-refractivity contribution in [1.29, 1.82) is 0 Å². The second-order valence-corrected chi connectivity index (χ2v) is 31.1. The third-order valence-electron chi connectivity index (χ3n) is 18.0.